The molecule has 0 N–H and O–H groups in total. The van der Waals surface area contributed by atoms with Crippen molar-refractivity contribution in [2.45, 2.75) is 25.4 Å². The van der Waals surface area contributed by atoms with Crippen molar-refractivity contribution in [3.05, 3.63) is 30.2 Å². The quantitative estimate of drug-likeness (QED) is 0.840. The molecular formula is C17H17F3N4. The molecule has 2 aromatic heterocycles. The SMILES string of the molecule is N#CCC1C2CCC1CN(c1cc(C(F)(F)F)cc3cncn13)C2. The minimum Gasteiger partial charge on any atom is -0.357 e. The summed E-state index contributed by atoms with van der Waals surface area (Å²) in [5.74, 6) is 1.70. The lowest BCUT2D eigenvalue weighted by Gasteiger charge is -2.38. The predicted octanol–water partition coefficient (Wildman–Crippen LogP) is 3.73. The molecule has 0 radical (unpaired) electrons. The zero-order valence-corrected chi connectivity index (χ0v) is 13.0. The lowest BCUT2D eigenvalue weighted by atomic mass is 9.83. The van der Waals surface area contributed by atoms with Crippen LogP contribution in [0.3, 0.4) is 0 Å². The molecule has 7 heteroatoms. The maximum Gasteiger partial charge on any atom is 0.416 e. The summed E-state index contributed by atoms with van der Waals surface area (Å²) in [4.78, 5) is 6.05. The predicted molar refractivity (Wildman–Crippen MR) is 82.3 cm³/mol. The van der Waals surface area contributed by atoms with Crippen molar-refractivity contribution < 1.29 is 13.2 Å². The first-order valence-corrected chi connectivity index (χ1v) is 8.12. The molecule has 1 aliphatic heterocycles. The van der Waals surface area contributed by atoms with Gasteiger partial charge in [-0.3, -0.25) is 4.40 Å². The van der Waals surface area contributed by atoms with Crippen LogP contribution in [-0.4, -0.2) is 22.5 Å². The van der Waals surface area contributed by atoms with Crippen molar-refractivity contribution >= 4 is 11.3 Å². The first-order valence-electron chi connectivity index (χ1n) is 8.12. The van der Waals surface area contributed by atoms with Crippen molar-refractivity contribution in [1.29, 1.82) is 5.26 Å². The van der Waals surface area contributed by atoms with Crippen LogP contribution in [0.4, 0.5) is 19.0 Å². The summed E-state index contributed by atoms with van der Waals surface area (Å²) in [6.45, 7) is 1.41. The van der Waals surface area contributed by atoms with Crippen molar-refractivity contribution in [3.63, 3.8) is 0 Å². The number of imidazole rings is 1. The highest BCUT2D eigenvalue weighted by atomic mass is 19.4. The van der Waals surface area contributed by atoms with Gasteiger partial charge in [0.05, 0.1) is 23.3 Å². The van der Waals surface area contributed by atoms with E-state index in [2.05, 4.69) is 11.1 Å². The first kappa shape index (κ1) is 15.3. The monoisotopic (exact) mass is 334 g/mol. The normalized spacial score (nSPS) is 26.8. The standard InChI is InChI=1S/C17H17F3N4/c18-17(19,20)13-5-14-7-22-10-24(14)16(6-13)23-8-11-1-2-12(9-23)15(11)3-4-21/h5-7,10-12,15H,1-3,8-9H2. The number of hydrogen-bond acceptors (Lipinski definition) is 3. The fourth-order valence-corrected chi connectivity index (χ4v) is 4.38. The van der Waals surface area contributed by atoms with Crippen LogP contribution in [0.15, 0.2) is 24.7 Å². The summed E-state index contributed by atoms with van der Waals surface area (Å²) >= 11 is 0. The van der Waals surface area contributed by atoms with Crippen LogP contribution < -0.4 is 4.90 Å². The van der Waals surface area contributed by atoms with E-state index in [1.54, 1.807) is 10.7 Å². The Balaban J connectivity index is 1.72. The molecule has 2 bridgehead atoms. The van der Waals surface area contributed by atoms with Gasteiger partial charge in [-0.25, -0.2) is 4.98 Å². The van der Waals surface area contributed by atoms with Gasteiger partial charge < -0.3 is 4.90 Å². The fourth-order valence-electron chi connectivity index (χ4n) is 4.38. The summed E-state index contributed by atoms with van der Waals surface area (Å²) in [5.41, 5.74) is -0.191. The van der Waals surface area contributed by atoms with Crippen molar-refractivity contribution in [2.24, 2.45) is 17.8 Å². The topological polar surface area (TPSA) is 44.3 Å². The molecule has 1 saturated heterocycles. The molecule has 126 valence electrons. The average molecular weight is 334 g/mol. The lowest BCUT2D eigenvalue weighted by molar-refractivity contribution is -0.137. The Kier molecular flexibility index (Phi) is 3.44. The van der Waals surface area contributed by atoms with E-state index in [1.165, 1.54) is 12.3 Å². The number of nitriles is 1. The van der Waals surface area contributed by atoms with Gasteiger partial charge in [0.1, 0.15) is 12.1 Å². The molecule has 1 saturated carbocycles. The van der Waals surface area contributed by atoms with Gasteiger partial charge in [0.2, 0.25) is 0 Å². The Morgan fingerprint density at radius 3 is 2.54 bits per heavy atom. The Hall–Kier alpha value is -2.23. The maximum absolute atomic E-state index is 13.2. The molecule has 2 atom stereocenters. The van der Waals surface area contributed by atoms with Crippen molar-refractivity contribution in [2.75, 3.05) is 18.0 Å². The highest BCUT2D eigenvalue weighted by Gasteiger charge is 2.42. The van der Waals surface area contributed by atoms with Crippen LogP contribution in [0.1, 0.15) is 24.8 Å². The van der Waals surface area contributed by atoms with Gasteiger partial charge >= 0.3 is 6.18 Å². The maximum atomic E-state index is 13.2. The van der Waals surface area contributed by atoms with Crippen molar-refractivity contribution in [3.8, 4) is 6.07 Å². The lowest BCUT2D eigenvalue weighted by Crippen LogP contribution is -2.42. The summed E-state index contributed by atoms with van der Waals surface area (Å²) in [7, 11) is 0. The third-order valence-electron chi connectivity index (χ3n) is 5.51. The largest absolute Gasteiger partial charge is 0.416 e. The molecule has 2 aliphatic rings. The van der Waals surface area contributed by atoms with Crippen LogP contribution in [0.2, 0.25) is 0 Å². The van der Waals surface area contributed by atoms with Gasteiger partial charge in [-0.2, -0.15) is 18.4 Å². The van der Waals surface area contributed by atoms with E-state index in [9.17, 15) is 13.2 Å². The third-order valence-corrected chi connectivity index (χ3v) is 5.51. The van der Waals surface area contributed by atoms with Crippen LogP contribution in [0.5, 0.6) is 0 Å². The highest BCUT2D eigenvalue weighted by Crippen LogP contribution is 2.45. The number of pyridine rings is 1. The highest BCUT2D eigenvalue weighted by molar-refractivity contribution is 5.58. The number of piperidine rings is 1. The number of fused-ring (bicyclic) bond motifs is 3. The Morgan fingerprint density at radius 1 is 1.21 bits per heavy atom. The summed E-state index contributed by atoms with van der Waals surface area (Å²) in [5, 5.41) is 9.00. The molecule has 1 aliphatic carbocycles. The third kappa shape index (κ3) is 2.41. The zero-order valence-electron chi connectivity index (χ0n) is 13.0. The molecule has 0 spiro atoms. The van der Waals surface area contributed by atoms with Gasteiger partial charge in [-0.05, 0) is 42.7 Å². The second-order valence-corrected chi connectivity index (χ2v) is 6.82. The number of hydrogen-bond donors (Lipinski definition) is 0. The Bertz CT molecular complexity index is 790. The Labute approximate surface area is 137 Å². The molecule has 2 unspecified atom stereocenters. The molecule has 24 heavy (non-hydrogen) atoms. The van der Waals surface area contributed by atoms with E-state index in [1.807, 2.05) is 4.90 Å². The molecule has 3 heterocycles. The van der Waals surface area contributed by atoms with Gasteiger partial charge in [0, 0.05) is 19.5 Å². The summed E-state index contributed by atoms with van der Waals surface area (Å²) in [6, 6.07) is 4.62. The van der Waals surface area contributed by atoms with Gasteiger partial charge in [-0.15, -0.1) is 0 Å². The first-order chi connectivity index (χ1) is 11.5. The number of anilines is 1. The van der Waals surface area contributed by atoms with Crippen molar-refractivity contribution in [1.82, 2.24) is 9.38 Å². The number of alkyl halides is 3. The molecule has 4 nitrogen and oxygen atoms in total. The van der Waals surface area contributed by atoms with E-state index in [4.69, 9.17) is 5.26 Å². The van der Waals surface area contributed by atoms with E-state index in [0.29, 0.717) is 48.6 Å². The van der Waals surface area contributed by atoms with Crippen LogP contribution in [0, 0.1) is 29.1 Å². The van der Waals surface area contributed by atoms with E-state index >= 15 is 0 Å². The fraction of sp³-hybridized carbons (Fsp3) is 0.529. The number of aromatic nitrogens is 2. The van der Waals surface area contributed by atoms with Crippen LogP contribution in [0.25, 0.3) is 5.52 Å². The second-order valence-electron chi connectivity index (χ2n) is 6.82. The van der Waals surface area contributed by atoms with Gasteiger partial charge in [0.15, 0.2) is 0 Å². The van der Waals surface area contributed by atoms with Gasteiger partial charge in [-0.1, -0.05) is 0 Å². The van der Waals surface area contributed by atoms with Crippen LogP contribution in [-0.2, 0) is 6.18 Å². The molecule has 0 aromatic carbocycles. The minimum absolute atomic E-state index is 0.385. The van der Waals surface area contributed by atoms with Crippen LogP contribution >= 0.6 is 0 Å². The average Bonchev–Trinajstić information content (AvgIpc) is 3.08. The van der Waals surface area contributed by atoms with E-state index in [-0.39, 0.29) is 0 Å². The molecule has 4 rings (SSSR count). The summed E-state index contributed by atoms with van der Waals surface area (Å²) < 4.78 is 41.4. The second kappa shape index (κ2) is 5.40. The van der Waals surface area contributed by atoms with E-state index < -0.39 is 11.7 Å². The molecule has 2 aromatic rings. The number of nitrogens with zero attached hydrogens (tertiary/aromatic N) is 4. The van der Waals surface area contributed by atoms with Gasteiger partial charge in [0.25, 0.3) is 0 Å². The summed E-state index contributed by atoms with van der Waals surface area (Å²) in [6.07, 6.45) is 1.30. The molecule has 0 amide bonds. The minimum atomic E-state index is -4.38. The van der Waals surface area contributed by atoms with E-state index in [0.717, 1.165) is 18.9 Å². The molecular weight excluding hydrogens is 317 g/mol. The number of rotatable bonds is 2. The zero-order chi connectivity index (χ0) is 16.9. The number of halogens is 3. The molecule has 2 fully saturated rings. The Morgan fingerprint density at radius 2 is 1.92 bits per heavy atom. The smallest absolute Gasteiger partial charge is 0.357 e.